The fourth-order valence-electron chi connectivity index (χ4n) is 0. The van der Waals surface area contributed by atoms with Crippen molar-refractivity contribution < 1.29 is 18.9 Å². The van der Waals surface area contributed by atoms with E-state index in [4.69, 9.17) is 0 Å². The van der Waals surface area contributed by atoms with E-state index >= 15 is 0 Å². The van der Waals surface area contributed by atoms with Gasteiger partial charge in [-0.1, -0.05) is 26.3 Å². The number of rotatable bonds is 2. The number of allylic oxidation sites excluding steroid dienone is 1. The normalized spacial score (nSPS) is 6.11. The van der Waals surface area contributed by atoms with Crippen molar-refractivity contribution in [2.45, 2.75) is 33.1 Å². The summed E-state index contributed by atoms with van der Waals surface area (Å²) in [5, 5.41) is 0. The van der Waals surface area contributed by atoms with Crippen LogP contribution in [0, 0.1) is 6.92 Å². The second-order valence-corrected chi connectivity index (χ2v) is 1.55. The van der Waals surface area contributed by atoms with Crippen LogP contribution in [0.5, 0.6) is 0 Å². The standard InChI is InChI=1S/C4H9.C4H8.Li/c2*1-3-4-2;/h1,3-4H2,2H3;3H,1,4H2,2H3;/q-1;;+1. The monoisotopic (exact) mass is 120 g/mol. The van der Waals surface area contributed by atoms with Gasteiger partial charge >= 0.3 is 18.9 Å². The molecular formula is C8H17Li. The summed E-state index contributed by atoms with van der Waals surface area (Å²) >= 11 is 0. The van der Waals surface area contributed by atoms with Gasteiger partial charge in [0.25, 0.3) is 0 Å². The van der Waals surface area contributed by atoms with E-state index in [1.807, 2.05) is 6.08 Å². The molecule has 0 aromatic rings. The van der Waals surface area contributed by atoms with Gasteiger partial charge in [-0.25, -0.2) is 0 Å². The largest absolute Gasteiger partial charge is 1.00 e. The molecule has 0 unspecified atom stereocenters. The summed E-state index contributed by atoms with van der Waals surface area (Å²) in [6.07, 6.45) is 5.24. The Labute approximate surface area is 71.9 Å². The van der Waals surface area contributed by atoms with Gasteiger partial charge in [-0.05, 0) is 6.42 Å². The van der Waals surface area contributed by atoms with Gasteiger partial charge in [0.05, 0.1) is 0 Å². The quantitative estimate of drug-likeness (QED) is 0.277. The summed E-state index contributed by atoms with van der Waals surface area (Å²) in [4.78, 5) is 0. The Hall–Kier alpha value is 0.337. The first-order chi connectivity index (χ1) is 3.83. The van der Waals surface area contributed by atoms with Crippen LogP contribution in [0.15, 0.2) is 12.7 Å². The third kappa shape index (κ3) is 61.3. The van der Waals surface area contributed by atoms with Crippen molar-refractivity contribution in [3.63, 3.8) is 0 Å². The molecule has 0 saturated heterocycles. The minimum atomic E-state index is 0. The van der Waals surface area contributed by atoms with E-state index in [1.165, 1.54) is 6.42 Å². The molecule has 0 fully saturated rings. The first kappa shape index (κ1) is 16.2. The Morgan fingerprint density at radius 3 is 1.67 bits per heavy atom. The third-order valence-electron chi connectivity index (χ3n) is 0.642. The van der Waals surface area contributed by atoms with E-state index in [0.717, 1.165) is 12.8 Å². The molecule has 0 N–H and O–H groups in total. The van der Waals surface area contributed by atoms with Crippen LogP contribution in [0.25, 0.3) is 0 Å². The number of hydrogen-bond donors (Lipinski definition) is 0. The van der Waals surface area contributed by atoms with Gasteiger partial charge in [-0.3, -0.25) is 0 Å². The maximum Gasteiger partial charge on any atom is 1.00 e. The molecule has 0 amide bonds. The predicted molar refractivity (Wildman–Crippen MR) is 40.8 cm³/mol. The van der Waals surface area contributed by atoms with Crippen molar-refractivity contribution in [1.29, 1.82) is 0 Å². The van der Waals surface area contributed by atoms with Gasteiger partial charge in [0.15, 0.2) is 0 Å². The van der Waals surface area contributed by atoms with E-state index in [2.05, 4.69) is 27.4 Å². The molecule has 0 nitrogen and oxygen atoms in total. The summed E-state index contributed by atoms with van der Waals surface area (Å²) in [6.45, 7) is 11.3. The molecular weight excluding hydrogens is 103 g/mol. The van der Waals surface area contributed by atoms with Crippen molar-refractivity contribution >= 4 is 0 Å². The fraction of sp³-hybridized carbons (Fsp3) is 0.625. The molecule has 0 radical (unpaired) electrons. The molecule has 0 spiro atoms. The summed E-state index contributed by atoms with van der Waals surface area (Å²) < 4.78 is 0. The molecule has 0 aliphatic carbocycles. The van der Waals surface area contributed by atoms with E-state index in [9.17, 15) is 0 Å². The zero-order chi connectivity index (χ0) is 6.83. The van der Waals surface area contributed by atoms with Crippen molar-refractivity contribution in [2.75, 3.05) is 0 Å². The Kier molecular flexibility index (Phi) is 42.8. The second kappa shape index (κ2) is 23.9. The number of unbranched alkanes of at least 4 members (excludes halogenated alkanes) is 1. The van der Waals surface area contributed by atoms with E-state index in [-0.39, 0.29) is 18.9 Å². The van der Waals surface area contributed by atoms with Gasteiger partial charge in [0.1, 0.15) is 0 Å². The first-order valence-electron chi connectivity index (χ1n) is 3.23. The Balaban J connectivity index is -0.0000000720. The molecule has 0 bridgehead atoms. The van der Waals surface area contributed by atoms with Gasteiger partial charge in [0.2, 0.25) is 0 Å². The van der Waals surface area contributed by atoms with E-state index < -0.39 is 0 Å². The van der Waals surface area contributed by atoms with Crippen molar-refractivity contribution in [2.24, 2.45) is 0 Å². The molecule has 50 valence electrons. The second-order valence-electron chi connectivity index (χ2n) is 1.55. The average molecular weight is 120 g/mol. The van der Waals surface area contributed by atoms with Crippen molar-refractivity contribution in [3.05, 3.63) is 19.6 Å². The van der Waals surface area contributed by atoms with Gasteiger partial charge in [-0.2, -0.15) is 6.42 Å². The fourth-order valence-corrected chi connectivity index (χ4v) is 0. The number of hydrogen-bond acceptors (Lipinski definition) is 0. The average Bonchev–Trinajstić information content (AvgIpc) is 1.88. The minimum absolute atomic E-state index is 0. The topological polar surface area (TPSA) is 0 Å². The zero-order valence-corrected chi connectivity index (χ0v) is 7.11. The van der Waals surface area contributed by atoms with Crippen LogP contribution >= 0.6 is 0 Å². The third-order valence-corrected chi connectivity index (χ3v) is 0.642. The molecule has 0 heterocycles. The van der Waals surface area contributed by atoms with Crippen LogP contribution < -0.4 is 18.9 Å². The summed E-state index contributed by atoms with van der Waals surface area (Å²) in [7, 11) is 0. The van der Waals surface area contributed by atoms with Crippen LogP contribution in [0.3, 0.4) is 0 Å². The maximum absolute atomic E-state index is 3.60. The predicted octanol–water partition coefficient (Wildman–Crippen LogP) is 0.207. The molecule has 0 atom stereocenters. The molecule has 0 saturated carbocycles. The molecule has 0 aromatic heterocycles. The Bertz CT molecular complexity index is 31.5. The van der Waals surface area contributed by atoms with Crippen molar-refractivity contribution in [1.82, 2.24) is 0 Å². The molecule has 9 heavy (non-hydrogen) atoms. The molecule has 0 aliphatic rings. The summed E-state index contributed by atoms with van der Waals surface area (Å²) in [5.74, 6) is 0. The van der Waals surface area contributed by atoms with Crippen molar-refractivity contribution in [3.8, 4) is 0 Å². The van der Waals surface area contributed by atoms with Crippen LogP contribution in [0.1, 0.15) is 33.1 Å². The van der Waals surface area contributed by atoms with E-state index in [0.29, 0.717) is 0 Å². The summed E-state index contributed by atoms with van der Waals surface area (Å²) in [5.41, 5.74) is 0. The van der Waals surface area contributed by atoms with Crippen LogP contribution in [0.2, 0.25) is 0 Å². The molecule has 0 rings (SSSR count). The van der Waals surface area contributed by atoms with E-state index in [1.54, 1.807) is 0 Å². The van der Waals surface area contributed by atoms with Gasteiger partial charge in [-0.15, -0.1) is 6.58 Å². The van der Waals surface area contributed by atoms with Gasteiger partial charge in [0, 0.05) is 0 Å². The smallest absolute Gasteiger partial charge is 0.343 e. The van der Waals surface area contributed by atoms with Crippen LogP contribution in [0.4, 0.5) is 0 Å². The Morgan fingerprint density at radius 1 is 1.44 bits per heavy atom. The molecule has 1 heteroatoms. The Morgan fingerprint density at radius 2 is 1.67 bits per heavy atom. The summed E-state index contributed by atoms with van der Waals surface area (Å²) in [6, 6.07) is 0. The first-order valence-corrected chi connectivity index (χ1v) is 3.23. The molecule has 0 aromatic carbocycles. The molecule has 0 aliphatic heterocycles. The maximum atomic E-state index is 3.60. The van der Waals surface area contributed by atoms with Crippen LogP contribution in [-0.4, -0.2) is 0 Å². The minimum Gasteiger partial charge on any atom is -0.343 e. The van der Waals surface area contributed by atoms with Gasteiger partial charge < -0.3 is 6.92 Å². The van der Waals surface area contributed by atoms with Crippen LogP contribution in [-0.2, 0) is 0 Å². The zero-order valence-electron chi connectivity index (χ0n) is 7.11. The SMILES string of the molecule is C=CCC.[CH2-]CCC.[Li+].